The average Bonchev–Trinajstić information content (AvgIpc) is 2.24. The van der Waals surface area contributed by atoms with Gasteiger partial charge < -0.3 is 0 Å². The highest BCUT2D eigenvalue weighted by Gasteiger charge is 2.13. The van der Waals surface area contributed by atoms with Gasteiger partial charge in [-0.2, -0.15) is 0 Å². The Kier molecular flexibility index (Phi) is 1.51. The van der Waals surface area contributed by atoms with E-state index in [1.54, 1.807) is 0 Å². The van der Waals surface area contributed by atoms with E-state index in [0.717, 1.165) is 12.8 Å². The first-order valence-corrected chi connectivity index (χ1v) is 5.05. The zero-order valence-corrected chi connectivity index (χ0v) is 8.09. The van der Waals surface area contributed by atoms with Crippen LogP contribution in [0.15, 0.2) is 43.0 Å². The molecular weight excluding hydrogens is 168 g/mol. The van der Waals surface area contributed by atoms with E-state index in [-0.39, 0.29) is 0 Å². The van der Waals surface area contributed by atoms with Gasteiger partial charge in [0.1, 0.15) is 0 Å². The molecule has 2 aromatic rings. The third kappa shape index (κ3) is 0.941. The van der Waals surface area contributed by atoms with Crippen LogP contribution in [0.4, 0.5) is 0 Å². The molecule has 0 radical (unpaired) electrons. The van der Waals surface area contributed by atoms with Crippen LogP contribution in [0.3, 0.4) is 0 Å². The molecule has 0 aliphatic heterocycles. The van der Waals surface area contributed by atoms with E-state index in [2.05, 4.69) is 43.0 Å². The van der Waals surface area contributed by atoms with E-state index in [1.165, 1.54) is 27.5 Å². The van der Waals surface area contributed by atoms with E-state index in [0.29, 0.717) is 0 Å². The number of benzene rings is 2. The average molecular weight is 180 g/mol. The van der Waals surface area contributed by atoms with Gasteiger partial charge in [-0.25, -0.2) is 0 Å². The van der Waals surface area contributed by atoms with Crippen molar-refractivity contribution in [3.05, 3.63) is 54.1 Å². The summed E-state index contributed by atoms with van der Waals surface area (Å²) < 4.78 is 0. The largest absolute Gasteiger partial charge is 0.0952 e. The fourth-order valence-corrected chi connectivity index (χ4v) is 2.34. The van der Waals surface area contributed by atoms with Crippen LogP contribution in [0.2, 0.25) is 0 Å². The van der Waals surface area contributed by atoms with Crippen molar-refractivity contribution in [2.75, 3.05) is 0 Å². The Hall–Kier alpha value is -1.56. The maximum Gasteiger partial charge on any atom is -0.00767 e. The second-order valence-electron chi connectivity index (χ2n) is 3.92. The Morgan fingerprint density at radius 3 is 2.57 bits per heavy atom. The normalized spacial score (nSPS) is 14.7. The van der Waals surface area contributed by atoms with Crippen molar-refractivity contribution in [3.8, 4) is 0 Å². The molecule has 0 bridgehead atoms. The summed E-state index contributed by atoms with van der Waals surface area (Å²) in [6.07, 6.45) is 2.25. The van der Waals surface area contributed by atoms with Gasteiger partial charge >= 0.3 is 0 Å². The van der Waals surface area contributed by atoms with Crippen molar-refractivity contribution in [3.63, 3.8) is 0 Å². The Morgan fingerprint density at radius 1 is 0.929 bits per heavy atom. The number of hydrogen-bond donors (Lipinski definition) is 0. The molecule has 1 aliphatic carbocycles. The van der Waals surface area contributed by atoms with E-state index >= 15 is 0 Å². The molecular formula is C14H12. The van der Waals surface area contributed by atoms with E-state index < -0.39 is 0 Å². The Balaban J connectivity index is 2.52. The molecule has 0 unspecified atom stereocenters. The predicted octanol–water partition coefficient (Wildman–Crippen LogP) is 3.80. The number of hydrogen-bond acceptors (Lipinski definition) is 0. The zero-order chi connectivity index (χ0) is 9.54. The molecule has 0 saturated carbocycles. The highest BCUT2D eigenvalue weighted by atomic mass is 14.2. The first-order chi connectivity index (χ1) is 6.86. The molecule has 68 valence electrons. The monoisotopic (exact) mass is 180 g/mol. The van der Waals surface area contributed by atoms with Gasteiger partial charge in [-0.1, -0.05) is 43.0 Å². The second-order valence-corrected chi connectivity index (χ2v) is 3.92. The lowest BCUT2D eigenvalue weighted by Crippen LogP contribution is -1.99. The van der Waals surface area contributed by atoms with Crippen molar-refractivity contribution in [1.29, 1.82) is 0 Å². The molecule has 0 saturated heterocycles. The van der Waals surface area contributed by atoms with Crippen molar-refractivity contribution in [2.45, 2.75) is 12.8 Å². The number of allylic oxidation sites excluding steroid dienone is 1. The lowest BCUT2D eigenvalue weighted by Gasteiger charge is -2.18. The van der Waals surface area contributed by atoms with Crippen LogP contribution in [0.5, 0.6) is 0 Å². The van der Waals surface area contributed by atoms with E-state index in [9.17, 15) is 0 Å². The first-order valence-electron chi connectivity index (χ1n) is 5.05. The molecule has 14 heavy (non-hydrogen) atoms. The van der Waals surface area contributed by atoms with Crippen LogP contribution in [-0.2, 0) is 6.42 Å². The molecule has 0 spiro atoms. The molecule has 3 rings (SSSR count). The lowest BCUT2D eigenvalue weighted by molar-refractivity contribution is 1.01. The quantitative estimate of drug-likeness (QED) is 0.578. The van der Waals surface area contributed by atoms with E-state index in [4.69, 9.17) is 0 Å². The fraction of sp³-hybridized carbons (Fsp3) is 0.143. The smallest absolute Gasteiger partial charge is 0.00767 e. The van der Waals surface area contributed by atoms with E-state index in [1.807, 2.05) is 0 Å². The standard InChI is InChI=1S/C14H12/c1-10-8-9-12-5-2-4-11-6-3-7-13(10)14(11)12/h2-7H,1,8-9H2. The minimum atomic E-state index is 1.11. The van der Waals surface area contributed by atoms with Gasteiger partial charge in [0.2, 0.25) is 0 Å². The Morgan fingerprint density at radius 2 is 1.71 bits per heavy atom. The molecule has 0 N–H and O–H groups in total. The van der Waals surface area contributed by atoms with Gasteiger partial charge in [-0.3, -0.25) is 0 Å². The minimum Gasteiger partial charge on any atom is -0.0952 e. The molecule has 0 aromatic heterocycles. The number of aryl methyl sites for hydroxylation is 1. The Labute approximate surface area is 83.9 Å². The highest BCUT2D eigenvalue weighted by Crippen LogP contribution is 2.34. The summed E-state index contributed by atoms with van der Waals surface area (Å²) in [5.41, 5.74) is 4.11. The predicted molar refractivity (Wildman–Crippen MR) is 61.3 cm³/mol. The molecule has 0 heterocycles. The van der Waals surface area contributed by atoms with Crippen molar-refractivity contribution in [1.82, 2.24) is 0 Å². The Bertz CT molecular complexity index is 515. The van der Waals surface area contributed by atoms with Gasteiger partial charge in [0.05, 0.1) is 0 Å². The van der Waals surface area contributed by atoms with Gasteiger partial charge in [0.15, 0.2) is 0 Å². The maximum absolute atomic E-state index is 4.14. The summed E-state index contributed by atoms with van der Waals surface area (Å²) in [6.45, 7) is 4.14. The van der Waals surface area contributed by atoms with Gasteiger partial charge in [-0.15, -0.1) is 0 Å². The van der Waals surface area contributed by atoms with Crippen molar-refractivity contribution >= 4 is 16.3 Å². The van der Waals surface area contributed by atoms with Crippen molar-refractivity contribution in [2.24, 2.45) is 0 Å². The summed E-state index contributed by atoms with van der Waals surface area (Å²) in [5, 5.41) is 2.77. The SMILES string of the molecule is C=C1CCc2cccc3cccc1c23. The summed E-state index contributed by atoms with van der Waals surface area (Å²) in [4.78, 5) is 0. The first kappa shape index (κ1) is 7.81. The highest BCUT2D eigenvalue weighted by molar-refractivity contribution is 5.97. The summed E-state index contributed by atoms with van der Waals surface area (Å²) in [7, 11) is 0. The van der Waals surface area contributed by atoms with Crippen molar-refractivity contribution < 1.29 is 0 Å². The maximum atomic E-state index is 4.14. The van der Waals surface area contributed by atoms with Gasteiger partial charge in [0.25, 0.3) is 0 Å². The zero-order valence-electron chi connectivity index (χ0n) is 8.09. The summed E-state index contributed by atoms with van der Waals surface area (Å²) in [6, 6.07) is 13.1. The molecule has 0 fully saturated rings. The third-order valence-corrected chi connectivity index (χ3v) is 3.07. The molecule has 0 atom stereocenters. The fourth-order valence-electron chi connectivity index (χ4n) is 2.34. The van der Waals surface area contributed by atoms with Crippen LogP contribution < -0.4 is 0 Å². The molecule has 0 amide bonds. The summed E-state index contributed by atoms with van der Waals surface area (Å²) >= 11 is 0. The van der Waals surface area contributed by atoms with Crippen LogP contribution in [0, 0.1) is 0 Å². The molecule has 1 aliphatic rings. The topological polar surface area (TPSA) is 0 Å². The van der Waals surface area contributed by atoms with Gasteiger partial charge in [0, 0.05) is 0 Å². The minimum absolute atomic E-state index is 1.11. The molecule has 0 nitrogen and oxygen atoms in total. The molecule has 2 aromatic carbocycles. The van der Waals surface area contributed by atoms with Crippen LogP contribution in [-0.4, -0.2) is 0 Å². The third-order valence-electron chi connectivity index (χ3n) is 3.07. The van der Waals surface area contributed by atoms with Gasteiger partial charge in [-0.05, 0) is 40.3 Å². The van der Waals surface area contributed by atoms with Crippen LogP contribution in [0.1, 0.15) is 17.5 Å². The van der Waals surface area contributed by atoms with Crippen LogP contribution in [0.25, 0.3) is 16.3 Å². The number of rotatable bonds is 0. The second kappa shape index (κ2) is 2.71. The summed E-state index contributed by atoms with van der Waals surface area (Å²) in [5.74, 6) is 0. The van der Waals surface area contributed by atoms with Crippen LogP contribution >= 0.6 is 0 Å². The lowest BCUT2D eigenvalue weighted by atomic mass is 9.86. The molecule has 0 heteroatoms.